The molecule has 0 radical (unpaired) electrons. The zero-order valence-corrected chi connectivity index (χ0v) is 13.3. The average Bonchev–Trinajstić information content (AvgIpc) is 2.64. The molecule has 20 heavy (non-hydrogen) atoms. The monoisotopic (exact) mass is 313 g/mol. The van der Waals surface area contributed by atoms with Crippen LogP contribution in [0.2, 0.25) is 0 Å². The molecule has 110 valence electrons. The second-order valence-electron chi connectivity index (χ2n) is 5.15. The van der Waals surface area contributed by atoms with Gasteiger partial charge in [-0.1, -0.05) is 12.2 Å². The molecule has 0 aromatic carbocycles. The van der Waals surface area contributed by atoms with E-state index in [1.807, 2.05) is 19.9 Å². The molecule has 1 aliphatic heterocycles. The van der Waals surface area contributed by atoms with Gasteiger partial charge in [-0.05, 0) is 32.8 Å². The summed E-state index contributed by atoms with van der Waals surface area (Å²) in [4.78, 5) is 4.61. The number of nitrogens with one attached hydrogen (secondary N) is 1. The zero-order chi connectivity index (χ0) is 14.9. The highest BCUT2D eigenvalue weighted by Gasteiger charge is 2.31. The third-order valence-corrected chi connectivity index (χ3v) is 6.04. The Hall–Kier alpha value is -1.21. The molecule has 0 bridgehead atoms. The van der Waals surface area contributed by atoms with Crippen LogP contribution in [0.3, 0.4) is 0 Å². The Morgan fingerprint density at radius 1 is 1.55 bits per heavy atom. The first-order chi connectivity index (χ1) is 9.31. The maximum atomic E-state index is 11.8. The Kier molecular flexibility index (Phi) is 4.29. The molecule has 1 saturated heterocycles. The first-order valence-electron chi connectivity index (χ1n) is 6.55. The number of nitrogens with two attached hydrogens (primary N) is 1. The maximum absolute atomic E-state index is 11.8. The normalized spacial score (nSPS) is 20.8. The van der Waals surface area contributed by atoms with Gasteiger partial charge in [0, 0.05) is 23.6 Å². The minimum atomic E-state index is -2.95. The maximum Gasteiger partial charge on any atom is 0.154 e. The highest BCUT2D eigenvalue weighted by molar-refractivity contribution is 7.92. The SMILES string of the molecule is Cc1cc(NCC2CCCS2(=O)=O)c(C(N)=S)c(C)n1. The first kappa shape index (κ1) is 15.2. The number of nitrogens with zero attached hydrogens (tertiary/aromatic N) is 1. The van der Waals surface area contributed by atoms with Crippen molar-refractivity contribution < 1.29 is 8.42 Å². The van der Waals surface area contributed by atoms with Gasteiger partial charge in [0.2, 0.25) is 0 Å². The van der Waals surface area contributed by atoms with Crippen LogP contribution in [-0.4, -0.2) is 35.9 Å². The number of pyridine rings is 1. The van der Waals surface area contributed by atoms with Crippen molar-refractivity contribution in [1.29, 1.82) is 0 Å². The number of hydrogen-bond acceptors (Lipinski definition) is 5. The van der Waals surface area contributed by atoms with Crippen molar-refractivity contribution in [1.82, 2.24) is 4.98 Å². The van der Waals surface area contributed by atoms with Crippen LogP contribution in [0.15, 0.2) is 6.07 Å². The van der Waals surface area contributed by atoms with Crippen LogP contribution in [-0.2, 0) is 9.84 Å². The van der Waals surface area contributed by atoms with Gasteiger partial charge in [-0.3, -0.25) is 4.98 Å². The second kappa shape index (κ2) is 5.65. The Morgan fingerprint density at radius 2 is 2.25 bits per heavy atom. The molecule has 1 atom stereocenters. The van der Waals surface area contributed by atoms with E-state index in [-0.39, 0.29) is 16.0 Å². The van der Waals surface area contributed by atoms with Crippen molar-refractivity contribution >= 4 is 32.7 Å². The topological polar surface area (TPSA) is 85.1 Å². The molecule has 2 rings (SSSR count). The number of hydrogen-bond donors (Lipinski definition) is 2. The Bertz CT molecular complexity index is 641. The molecule has 0 amide bonds. The number of anilines is 1. The van der Waals surface area contributed by atoms with E-state index in [1.54, 1.807) is 0 Å². The number of aromatic nitrogens is 1. The van der Waals surface area contributed by atoms with Gasteiger partial charge in [0.25, 0.3) is 0 Å². The number of sulfone groups is 1. The van der Waals surface area contributed by atoms with Gasteiger partial charge in [0.05, 0.1) is 16.6 Å². The molecule has 1 fully saturated rings. The van der Waals surface area contributed by atoms with Crippen LogP contribution in [0.25, 0.3) is 0 Å². The zero-order valence-electron chi connectivity index (χ0n) is 11.6. The number of rotatable bonds is 4. The van der Waals surface area contributed by atoms with Crippen LogP contribution in [0.5, 0.6) is 0 Å². The molecule has 1 aliphatic rings. The lowest BCUT2D eigenvalue weighted by Crippen LogP contribution is -2.26. The fraction of sp³-hybridized carbons (Fsp3) is 0.538. The van der Waals surface area contributed by atoms with Gasteiger partial charge in [-0.2, -0.15) is 0 Å². The second-order valence-corrected chi connectivity index (χ2v) is 7.99. The van der Waals surface area contributed by atoms with Gasteiger partial charge < -0.3 is 11.1 Å². The highest BCUT2D eigenvalue weighted by Crippen LogP contribution is 2.23. The van der Waals surface area contributed by atoms with E-state index in [9.17, 15) is 8.42 Å². The van der Waals surface area contributed by atoms with Gasteiger partial charge in [-0.15, -0.1) is 0 Å². The van der Waals surface area contributed by atoms with Crippen molar-refractivity contribution in [3.8, 4) is 0 Å². The van der Waals surface area contributed by atoms with Gasteiger partial charge in [0.1, 0.15) is 4.99 Å². The lowest BCUT2D eigenvalue weighted by atomic mass is 10.1. The van der Waals surface area contributed by atoms with Crippen molar-refractivity contribution in [3.63, 3.8) is 0 Å². The summed E-state index contributed by atoms with van der Waals surface area (Å²) in [6.45, 7) is 4.12. The van der Waals surface area contributed by atoms with Crippen molar-refractivity contribution in [2.75, 3.05) is 17.6 Å². The molecule has 7 heteroatoms. The smallest absolute Gasteiger partial charge is 0.154 e. The Labute approximate surface area is 124 Å². The summed E-state index contributed by atoms with van der Waals surface area (Å²) in [5.41, 5.74) is 8.80. The molecule has 2 heterocycles. The number of aryl methyl sites for hydroxylation is 2. The van der Waals surface area contributed by atoms with Gasteiger partial charge in [0.15, 0.2) is 9.84 Å². The minimum Gasteiger partial charge on any atom is -0.389 e. The quantitative estimate of drug-likeness (QED) is 0.816. The molecule has 0 spiro atoms. The lowest BCUT2D eigenvalue weighted by molar-refractivity contribution is 0.591. The molecule has 1 aromatic heterocycles. The Morgan fingerprint density at radius 3 is 2.80 bits per heavy atom. The number of thiocarbonyl (C=S) groups is 1. The minimum absolute atomic E-state index is 0.270. The van der Waals surface area contributed by atoms with E-state index in [2.05, 4.69) is 10.3 Å². The van der Waals surface area contributed by atoms with Crippen LogP contribution in [0, 0.1) is 13.8 Å². The van der Waals surface area contributed by atoms with Crippen molar-refractivity contribution in [2.45, 2.75) is 31.9 Å². The van der Waals surface area contributed by atoms with Crippen LogP contribution < -0.4 is 11.1 Å². The Balaban J connectivity index is 2.23. The summed E-state index contributed by atoms with van der Waals surface area (Å²) in [6.07, 6.45) is 1.45. The lowest BCUT2D eigenvalue weighted by Gasteiger charge is -2.16. The predicted octanol–water partition coefficient (Wildman–Crippen LogP) is 1.32. The van der Waals surface area contributed by atoms with Crippen molar-refractivity contribution in [2.24, 2.45) is 5.73 Å². The molecule has 5 nitrogen and oxygen atoms in total. The summed E-state index contributed by atoms with van der Waals surface area (Å²) >= 11 is 5.05. The molecule has 0 aliphatic carbocycles. The molecule has 1 aromatic rings. The average molecular weight is 313 g/mol. The summed E-state index contributed by atoms with van der Waals surface area (Å²) in [7, 11) is -2.95. The van der Waals surface area contributed by atoms with Crippen LogP contribution in [0.1, 0.15) is 29.8 Å². The molecule has 1 unspecified atom stereocenters. The molecule has 3 N–H and O–H groups in total. The van der Waals surface area contributed by atoms with Crippen LogP contribution in [0.4, 0.5) is 5.69 Å². The summed E-state index contributed by atoms with van der Waals surface area (Å²) in [5, 5.41) is 2.86. The van der Waals surface area contributed by atoms with E-state index < -0.39 is 9.84 Å². The van der Waals surface area contributed by atoms with E-state index in [4.69, 9.17) is 18.0 Å². The molecule has 0 saturated carbocycles. The van der Waals surface area contributed by atoms with Gasteiger partial charge in [-0.25, -0.2) is 8.42 Å². The van der Waals surface area contributed by atoms with E-state index >= 15 is 0 Å². The molecular formula is C13H19N3O2S2. The summed E-state index contributed by atoms with van der Waals surface area (Å²) in [6, 6.07) is 1.85. The largest absolute Gasteiger partial charge is 0.389 e. The summed E-state index contributed by atoms with van der Waals surface area (Å²) in [5.74, 6) is 0.288. The third kappa shape index (κ3) is 3.09. The van der Waals surface area contributed by atoms with E-state index in [0.717, 1.165) is 23.5 Å². The predicted molar refractivity (Wildman–Crippen MR) is 84.9 cm³/mol. The van der Waals surface area contributed by atoms with Gasteiger partial charge >= 0.3 is 0 Å². The first-order valence-corrected chi connectivity index (χ1v) is 8.67. The fourth-order valence-corrected chi connectivity index (χ4v) is 4.61. The van der Waals surface area contributed by atoms with Crippen molar-refractivity contribution in [3.05, 3.63) is 23.0 Å². The highest BCUT2D eigenvalue weighted by atomic mass is 32.2. The summed E-state index contributed by atoms with van der Waals surface area (Å²) < 4.78 is 23.7. The van der Waals surface area contributed by atoms with E-state index in [0.29, 0.717) is 18.5 Å². The van der Waals surface area contributed by atoms with E-state index in [1.165, 1.54) is 0 Å². The van der Waals surface area contributed by atoms with Crippen LogP contribution >= 0.6 is 12.2 Å². The third-order valence-electron chi connectivity index (χ3n) is 3.56. The molecular weight excluding hydrogens is 294 g/mol. The standard InChI is InChI=1S/C13H19N3O2S2/c1-8-6-11(12(13(14)19)9(2)16-8)15-7-10-4-3-5-20(10,17)18/h6,10H,3-5,7H2,1-2H3,(H2,14,19)(H,15,16). The fourth-order valence-electron chi connectivity index (χ4n) is 2.59.